The Morgan fingerprint density at radius 1 is 1.24 bits per heavy atom. The number of fused-ring (bicyclic) bond motifs is 1. The van der Waals surface area contributed by atoms with Gasteiger partial charge in [0.15, 0.2) is 0 Å². The predicted octanol–water partition coefficient (Wildman–Crippen LogP) is 3.47. The normalized spacial score (nSPS) is 15.4. The van der Waals surface area contributed by atoms with Crippen LogP contribution in [-0.2, 0) is 14.3 Å². The highest BCUT2D eigenvalue weighted by molar-refractivity contribution is 8.26. The van der Waals surface area contributed by atoms with Gasteiger partial charge in [0.2, 0.25) is 0 Å². The summed E-state index contributed by atoms with van der Waals surface area (Å²) in [6.07, 6.45) is 4.96. The number of pyridine rings is 1. The van der Waals surface area contributed by atoms with Gasteiger partial charge in [-0.15, -0.1) is 0 Å². The molecule has 0 saturated carbocycles. The van der Waals surface area contributed by atoms with Crippen molar-refractivity contribution in [3.63, 3.8) is 0 Å². The summed E-state index contributed by atoms with van der Waals surface area (Å²) in [5.74, 6) is 0.240. The van der Waals surface area contributed by atoms with Gasteiger partial charge in [-0.1, -0.05) is 30.0 Å². The number of nitrogens with zero attached hydrogens (tertiary/aromatic N) is 3. The smallest absolute Gasteiger partial charge is 0.267 e. The lowest BCUT2D eigenvalue weighted by atomic mass is 10.2. The first-order valence-electron chi connectivity index (χ1n) is 10.9. The Bertz CT molecular complexity index is 1110. The summed E-state index contributed by atoms with van der Waals surface area (Å²) in [5.41, 5.74) is 1.57. The Kier molecular flexibility index (Phi) is 9.02. The van der Waals surface area contributed by atoms with Crippen LogP contribution in [0, 0.1) is 6.92 Å². The van der Waals surface area contributed by atoms with Crippen molar-refractivity contribution in [2.45, 2.75) is 39.7 Å². The molecule has 1 aliphatic rings. The molecule has 0 aliphatic carbocycles. The van der Waals surface area contributed by atoms with E-state index >= 15 is 0 Å². The molecule has 178 valence electrons. The molecule has 1 amide bonds. The molecule has 1 fully saturated rings. The summed E-state index contributed by atoms with van der Waals surface area (Å²) >= 11 is 6.60. The second-order valence-corrected chi connectivity index (χ2v) is 9.67. The van der Waals surface area contributed by atoms with Crippen molar-refractivity contribution < 1.29 is 14.3 Å². The second kappa shape index (κ2) is 11.7. The minimum absolute atomic E-state index is 0.165. The third kappa shape index (κ3) is 6.41. The summed E-state index contributed by atoms with van der Waals surface area (Å²) in [5, 5.41) is 3.26. The van der Waals surface area contributed by atoms with E-state index in [9.17, 15) is 9.59 Å². The van der Waals surface area contributed by atoms with Gasteiger partial charge in [0.05, 0.1) is 16.6 Å². The van der Waals surface area contributed by atoms with Gasteiger partial charge in [0.25, 0.3) is 11.5 Å². The third-order valence-electron chi connectivity index (χ3n) is 4.95. The van der Waals surface area contributed by atoms with Crippen LogP contribution in [0.25, 0.3) is 11.7 Å². The number of carbonyl (C=O) groups excluding carboxylic acids is 1. The van der Waals surface area contributed by atoms with Gasteiger partial charge in [0, 0.05) is 39.6 Å². The number of hydrogen-bond acceptors (Lipinski definition) is 8. The first-order valence-corrected chi connectivity index (χ1v) is 12.2. The van der Waals surface area contributed by atoms with Crippen molar-refractivity contribution in [1.82, 2.24) is 14.3 Å². The zero-order chi connectivity index (χ0) is 24.0. The second-order valence-electron chi connectivity index (χ2n) is 7.99. The minimum Gasteiger partial charge on any atom is -0.385 e. The molecule has 1 saturated heterocycles. The van der Waals surface area contributed by atoms with Crippen LogP contribution >= 0.6 is 24.0 Å². The average molecular weight is 491 g/mol. The van der Waals surface area contributed by atoms with E-state index in [2.05, 4.69) is 10.3 Å². The number of thioether (sulfide) groups is 1. The molecule has 1 aliphatic heterocycles. The quantitative estimate of drug-likeness (QED) is 0.291. The van der Waals surface area contributed by atoms with Gasteiger partial charge in [-0.2, -0.15) is 0 Å². The molecule has 0 atom stereocenters. The van der Waals surface area contributed by atoms with Gasteiger partial charge in [-0.25, -0.2) is 4.98 Å². The minimum atomic E-state index is -0.241. The fourth-order valence-electron chi connectivity index (χ4n) is 3.31. The molecule has 33 heavy (non-hydrogen) atoms. The van der Waals surface area contributed by atoms with E-state index in [4.69, 9.17) is 21.7 Å². The fraction of sp³-hybridized carbons (Fsp3) is 0.478. The number of hydrogen-bond donors (Lipinski definition) is 1. The number of ether oxygens (including phenoxy) is 2. The SMILES string of the molecule is COCCCN1C(=O)/C(=C/c2c(NCCCOC(C)C)nc3ccc(C)cn3c2=O)SC1=S. The average Bonchev–Trinajstić information content (AvgIpc) is 3.03. The van der Waals surface area contributed by atoms with Crippen LogP contribution in [0.2, 0.25) is 0 Å². The van der Waals surface area contributed by atoms with E-state index in [0.717, 1.165) is 12.0 Å². The van der Waals surface area contributed by atoms with Gasteiger partial charge < -0.3 is 14.8 Å². The maximum absolute atomic E-state index is 13.4. The lowest BCUT2D eigenvalue weighted by Crippen LogP contribution is -2.29. The molecule has 0 unspecified atom stereocenters. The van der Waals surface area contributed by atoms with E-state index in [0.29, 0.717) is 59.0 Å². The van der Waals surface area contributed by atoms with Gasteiger partial charge in [-0.05, 0) is 51.3 Å². The Hall–Kier alpha value is -2.27. The fourth-order valence-corrected chi connectivity index (χ4v) is 4.60. The van der Waals surface area contributed by atoms with Crippen molar-refractivity contribution in [3.8, 4) is 0 Å². The van der Waals surface area contributed by atoms with Crippen LogP contribution in [0.3, 0.4) is 0 Å². The molecular weight excluding hydrogens is 460 g/mol. The number of amides is 1. The van der Waals surface area contributed by atoms with E-state index in [1.165, 1.54) is 16.2 Å². The number of methoxy groups -OCH3 is 1. The van der Waals surface area contributed by atoms with E-state index in [1.54, 1.807) is 24.3 Å². The molecule has 1 N–H and O–H groups in total. The molecule has 0 aromatic carbocycles. The number of thiocarbonyl (C=S) groups is 1. The van der Waals surface area contributed by atoms with Crippen molar-refractivity contribution in [1.29, 1.82) is 0 Å². The number of aromatic nitrogens is 2. The van der Waals surface area contributed by atoms with Crippen LogP contribution in [0.15, 0.2) is 28.0 Å². The molecule has 10 heteroatoms. The molecule has 0 bridgehead atoms. The van der Waals surface area contributed by atoms with Crippen LogP contribution in [0.4, 0.5) is 5.82 Å². The molecule has 8 nitrogen and oxygen atoms in total. The topological polar surface area (TPSA) is 85.2 Å². The van der Waals surface area contributed by atoms with Crippen molar-refractivity contribution in [2.24, 2.45) is 0 Å². The maximum atomic E-state index is 13.4. The Morgan fingerprint density at radius 3 is 2.76 bits per heavy atom. The van der Waals surface area contributed by atoms with E-state index in [1.807, 2.05) is 32.9 Å². The van der Waals surface area contributed by atoms with Crippen LogP contribution < -0.4 is 10.9 Å². The molecule has 2 aromatic heterocycles. The highest BCUT2D eigenvalue weighted by atomic mass is 32.2. The summed E-state index contributed by atoms with van der Waals surface area (Å²) in [4.78, 5) is 33.0. The summed E-state index contributed by atoms with van der Waals surface area (Å²) in [6.45, 7) is 8.10. The van der Waals surface area contributed by atoms with E-state index in [-0.39, 0.29) is 17.6 Å². The molecule has 0 spiro atoms. The molecule has 0 radical (unpaired) electrons. The number of nitrogens with one attached hydrogen (secondary N) is 1. The zero-order valence-electron chi connectivity index (χ0n) is 19.4. The Labute approximate surface area is 203 Å². The van der Waals surface area contributed by atoms with Gasteiger partial charge in [-0.3, -0.25) is 18.9 Å². The van der Waals surface area contributed by atoms with Crippen LogP contribution in [0.1, 0.15) is 37.8 Å². The van der Waals surface area contributed by atoms with Crippen molar-refractivity contribution in [2.75, 3.05) is 38.7 Å². The standard InChI is InChI=1S/C23H30N4O4S2/c1-15(2)31-12-5-9-24-20-17(21(28)27-14-16(3)7-8-19(27)25-20)13-18-22(29)26(23(32)33-18)10-6-11-30-4/h7-8,13-15,24H,5-6,9-12H2,1-4H3/b18-13-. The number of rotatable bonds is 11. The van der Waals surface area contributed by atoms with E-state index < -0.39 is 0 Å². The highest BCUT2D eigenvalue weighted by Crippen LogP contribution is 2.33. The highest BCUT2D eigenvalue weighted by Gasteiger charge is 2.32. The molecule has 3 heterocycles. The largest absolute Gasteiger partial charge is 0.385 e. The van der Waals surface area contributed by atoms with Gasteiger partial charge >= 0.3 is 0 Å². The Morgan fingerprint density at radius 2 is 2.03 bits per heavy atom. The van der Waals surface area contributed by atoms with Crippen molar-refractivity contribution >= 4 is 51.7 Å². The van der Waals surface area contributed by atoms with Crippen LogP contribution in [0.5, 0.6) is 0 Å². The summed E-state index contributed by atoms with van der Waals surface area (Å²) in [7, 11) is 1.62. The zero-order valence-corrected chi connectivity index (χ0v) is 21.1. The summed E-state index contributed by atoms with van der Waals surface area (Å²) < 4.78 is 12.6. The molecule has 3 rings (SSSR count). The summed E-state index contributed by atoms with van der Waals surface area (Å²) in [6, 6.07) is 3.72. The van der Waals surface area contributed by atoms with Crippen LogP contribution in [-0.4, -0.2) is 64.0 Å². The monoisotopic (exact) mass is 490 g/mol. The number of aryl methyl sites for hydroxylation is 1. The lowest BCUT2D eigenvalue weighted by Gasteiger charge is -2.14. The Balaban J connectivity index is 1.92. The number of anilines is 1. The van der Waals surface area contributed by atoms with Gasteiger partial charge in [0.1, 0.15) is 15.8 Å². The third-order valence-corrected chi connectivity index (χ3v) is 6.33. The number of carbonyl (C=O) groups is 1. The first-order chi connectivity index (χ1) is 15.8. The lowest BCUT2D eigenvalue weighted by molar-refractivity contribution is -0.122. The molecular formula is C23H30N4O4S2. The van der Waals surface area contributed by atoms with Crippen molar-refractivity contribution in [3.05, 3.63) is 44.7 Å². The molecule has 2 aromatic rings. The maximum Gasteiger partial charge on any atom is 0.267 e. The first kappa shape index (κ1) is 25.4. The predicted molar refractivity (Wildman–Crippen MR) is 137 cm³/mol.